The number of hydrogen-bond acceptors (Lipinski definition) is 1. The molecule has 50 valence electrons. The number of epoxide rings is 1. The molecule has 0 amide bonds. The Balaban J connectivity index is 1.90. The van der Waals surface area contributed by atoms with Crippen molar-refractivity contribution in [2.75, 3.05) is 0 Å². The van der Waals surface area contributed by atoms with Crippen LogP contribution >= 0.6 is 0 Å². The molecule has 0 aromatic carbocycles. The lowest BCUT2D eigenvalue weighted by molar-refractivity contribution is 0.298. The molecule has 9 heavy (non-hydrogen) atoms. The summed E-state index contributed by atoms with van der Waals surface area (Å²) in [6.07, 6.45) is 4.94. The van der Waals surface area contributed by atoms with Gasteiger partial charge in [0.05, 0.1) is 11.7 Å². The molecule has 3 aliphatic rings. The van der Waals surface area contributed by atoms with Crippen molar-refractivity contribution in [2.24, 2.45) is 11.8 Å². The van der Waals surface area contributed by atoms with Crippen molar-refractivity contribution < 1.29 is 4.74 Å². The lowest BCUT2D eigenvalue weighted by atomic mass is 9.91. The summed E-state index contributed by atoms with van der Waals surface area (Å²) < 4.78 is 5.62. The largest absolute Gasteiger partial charge is 0.366 e. The minimum absolute atomic E-state index is 0.359. The fourth-order valence-corrected chi connectivity index (χ4v) is 2.44. The van der Waals surface area contributed by atoms with E-state index in [1.165, 1.54) is 19.3 Å². The van der Waals surface area contributed by atoms with Crippen molar-refractivity contribution in [1.29, 1.82) is 0 Å². The van der Waals surface area contributed by atoms with Crippen molar-refractivity contribution in [3.63, 3.8) is 0 Å². The van der Waals surface area contributed by atoms with Crippen LogP contribution in [0.2, 0.25) is 0 Å². The van der Waals surface area contributed by atoms with Gasteiger partial charge in [0.15, 0.2) is 0 Å². The van der Waals surface area contributed by atoms with Crippen LogP contribution in [0.25, 0.3) is 0 Å². The molecule has 2 saturated carbocycles. The van der Waals surface area contributed by atoms with E-state index in [2.05, 4.69) is 6.92 Å². The maximum Gasteiger partial charge on any atom is 0.0923 e. The molecule has 1 saturated heterocycles. The fourth-order valence-electron chi connectivity index (χ4n) is 2.44. The Hall–Kier alpha value is -0.0400. The maximum absolute atomic E-state index is 5.62. The van der Waals surface area contributed by atoms with Gasteiger partial charge in [0, 0.05) is 0 Å². The van der Waals surface area contributed by atoms with Gasteiger partial charge in [0.2, 0.25) is 0 Å². The molecule has 0 aromatic heterocycles. The molecule has 0 aromatic rings. The fraction of sp³-hybridized carbons (Fsp3) is 1.00. The van der Waals surface area contributed by atoms with Crippen LogP contribution in [0.5, 0.6) is 0 Å². The molecule has 0 N–H and O–H groups in total. The smallest absolute Gasteiger partial charge is 0.0923 e. The van der Waals surface area contributed by atoms with Gasteiger partial charge in [0.1, 0.15) is 0 Å². The van der Waals surface area contributed by atoms with E-state index in [0.717, 1.165) is 11.8 Å². The lowest BCUT2D eigenvalue weighted by Crippen LogP contribution is -2.16. The highest BCUT2D eigenvalue weighted by Gasteiger charge is 2.65. The zero-order valence-electron chi connectivity index (χ0n) is 5.76. The highest BCUT2D eigenvalue weighted by molar-refractivity contribution is 5.14. The van der Waals surface area contributed by atoms with Crippen molar-refractivity contribution in [3.8, 4) is 0 Å². The highest BCUT2D eigenvalue weighted by atomic mass is 16.6. The highest BCUT2D eigenvalue weighted by Crippen LogP contribution is 2.62. The second-order valence-electron chi connectivity index (χ2n) is 4.05. The monoisotopic (exact) mass is 124 g/mol. The summed E-state index contributed by atoms with van der Waals surface area (Å²) in [6.45, 7) is 2.27. The molecule has 1 heterocycles. The minimum Gasteiger partial charge on any atom is -0.366 e. The zero-order chi connectivity index (χ0) is 6.06. The van der Waals surface area contributed by atoms with Gasteiger partial charge in [-0.1, -0.05) is 0 Å². The Kier molecular flexibility index (Phi) is 0.563. The van der Waals surface area contributed by atoms with Crippen LogP contribution in [0.4, 0.5) is 0 Å². The van der Waals surface area contributed by atoms with Gasteiger partial charge in [-0.15, -0.1) is 0 Å². The molecule has 1 heteroatoms. The van der Waals surface area contributed by atoms with Crippen LogP contribution in [-0.4, -0.2) is 11.7 Å². The summed E-state index contributed by atoms with van der Waals surface area (Å²) in [7, 11) is 0. The number of ether oxygens (including phenoxy) is 1. The quantitative estimate of drug-likeness (QED) is 0.446. The first-order valence-corrected chi connectivity index (χ1v) is 3.97. The second kappa shape index (κ2) is 1.07. The normalized spacial score (nSPS) is 68.3. The maximum atomic E-state index is 5.62. The van der Waals surface area contributed by atoms with Gasteiger partial charge in [-0.25, -0.2) is 0 Å². The number of rotatable bonds is 0. The molecule has 3 fully saturated rings. The van der Waals surface area contributed by atoms with Crippen LogP contribution < -0.4 is 0 Å². The van der Waals surface area contributed by atoms with Crippen LogP contribution in [-0.2, 0) is 4.74 Å². The molecule has 4 unspecified atom stereocenters. The number of hydrogen-bond donors (Lipinski definition) is 0. The predicted molar refractivity (Wildman–Crippen MR) is 34.1 cm³/mol. The van der Waals surface area contributed by atoms with Gasteiger partial charge in [-0.2, -0.15) is 0 Å². The third-order valence-corrected chi connectivity index (χ3v) is 3.32. The standard InChI is InChI=1S/C8H12O/c1-8-3-2-5-4-6(5)7(8)9-8/h5-7H,2-4H2,1H3. The third kappa shape index (κ3) is 0.454. The molecule has 0 spiro atoms. The van der Waals surface area contributed by atoms with E-state index in [1.54, 1.807) is 0 Å². The third-order valence-electron chi connectivity index (χ3n) is 3.32. The first-order chi connectivity index (χ1) is 4.30. The van der Waals surface area contributed by atoms with Crippen molar-refractivity contribution in [3.05, 3.63) is 0 Å². The van der Waals surface area contributed by atoms with E-state index in [1.807, 2.05) is 0 Å². The average molecular weight is 124 g/mol. The number of fused-ring (bicyclic) bond motifs is 3. The zero-order valence-corrected chi connectivity index (χ0v) is 5.76. The van der Waals surface area contributed by atoms with Gasteiger partial charge < -0.3 is 4.74 Å². The molecular formula is C8H12O. The summed E-state index contributed by atoms with van der Waals surface area (Å²) in [4.78, 5) is 0. The van der Waals surface area contributed by atoms with Gasteiger partial charge in [0.25, 0.3) is 0 Å². The van der Waals surface area contributed by atoms with E-state index in [-0.39, 0.29) is 0 Å². The van der Waals surface area contributed by atoms with Gasteiger partial charge in [-0.3, -0.25) is 0 Å². The molecule has 0 radical (unpaired) electrons. The molecular weight excluding hydrogens is 112 g/mol. The van der Waals surface area contributed by atoms with Gasteiger partial charge in [-0.05, 0) is 38.0 Å². The molecule has 2 aliphatic carbocycles. The Morgan fingerprint density at radius 2 is 2.44 bits per heavy atom. The molecule has 3 rings (SSSR count). The second-order valence-corrected chi connectivity index (χ2v) is 4.05. The topological polar surface area (TPSA) is 12.5 Å². The van der Waals surface area contributed by atoms with E-state index >= 15 is 0 Å². The Bertz CT molecular complexity index is 166. The predicted octanol–water partition coefficient (Wildman–Crippen LogP) is 1.57. The van der Waals surface area contributed by atoms with Gasteiger partial charge >= 0.3 is 0 Å². The molecule has 0 bridgehead atoms. The summed E-state index contributed by atoms with van der Waals surface area (Å²) in [6, 6.07) is 0. The van der Waals surface area contributed by atoms with E-state index in [0.29, 0.717) is 11.7 Å². The van der Waals surface area contributed by atoms with Crippen LogP contribution in [0.1, 0.15) is 26.2 Å². The SMILES string of the molecule is CC12CCC3CC3C1O2. The van der Waals surface area contributed by atoms with Crippen molar-refractivity contribution in [2.45, 2.75) is 37.9 Å². The Morgan fingerprint density at radius 1 is 1.56 bits per heavy atom. The minimum atomic E-state index is 0.359. The van der Waals surface area contributed by atoms with E-state index in [9.17, 15) is 0 Å². The van der Waals surface area contributed by atoms with Crippen molar-refractivity contribution in [1.82, 2.24) is 0 Å². The summed E-state index contributed by atoms with van der Waals surface area (Å²) in [5.74, 6) is 2.06. The summed E-state index contributed by atoms with van der Waals surface area (Å²) >= 11 is 0. The Labute approximate surface area is 55.4 Å². The molecule has 1 aliphatic heterocycles. The molecule has 1 nitrogen and oxygen atoms in total. The average Bonchev–Trinajstić information content (AvgIpc) is 2.52. The van der Waals surface area contributed by atoms with E-state index < -0.39 is 0 Å². The summed E-state index contributed by atoms with van der Waals surface area (Å²) in [5, 5.41) is 0. The Morgan fingerprint density at radius 3 is 3.22 bits per heavy atom. The van der Waals surface area contributed by atoms with Crippen LogP contribution in [0.15, 0.2) is 0 Å². The van der Waals surface area contributed by atoms with Crippen molar-refractivity contribution >= 4 is 0 Å². The van der Waals surface area contributed by atoms with Crippen LogP contribution in [0, 0.1) is 11.8 Å². The molecule has 4 atom stereocenters. The first kappa shape index (κ1) is 4.73. The van der Waals surface area contributed by atoms with E-state index in [4.69, 9.17) is 4.74 Å². The summed E-state index contributed by atoms with van der Waals surface area (Å²) in [5.41, 5.74) is 0.359. The van der Waals surface area contributed by atoms with Crippen LogP contribution in [0.3, 0.4) is 0 Å². The lowest BCUT2D eigenvalue weighted by Gasteiger charge is -2.09. The first-order valence-electron chi connectivity index (χ1n) is 3.97.